The molecule has 6 atom stereocenters. The summed E-state index contributed by atoms with van der Waals surface area (Å²) in [7, 11) is 0. The minimum atomic E-state index is 0.216. The number of hydrogen-bond acceptors (Lipinski definition) is 2. The average molecular weight is 759 g/mol. The molecule has 4 unspecified atom stereocenters. The Morgan fingerprint density at radius 3 is 1.30 bits per heavy atom. The summed E-state index contributed by atoms with van der Waals surface area (Å²) >= 11 is 0. The first-order chi connectivity index (χ1) is 29.8. The molecular formula is C54H32B2N4. The first-order valence-corrected chi connectivity index (χ1v) is 22.0. The van der Waals surface area contributed by atoms with Crippen molar-refractivity contribution in [1.82, 2.24) is 9.13 Å². The normalized spacial score (nSPS) is 23.9. The van der Waals surface area contributed by atoms with Gasteiger partial charge < -0.3 is 18.9 Å². The summed E-state index contributed by atoms with van der Waals surface area (Å²) in [4.78, 5) is 5.81. The van der Waals surface area contributed by atoms with Crippen molar-refractivity contribution in [1.29, 1.82) is 0 Å². The molecular weight excluding hydrogens is 726 g/mol. The molecule has 0 bridgehead atoms. The van der Waals surface area contributed by atoms with Gasteiger partial charge >= 0.3 is 0 Å². The molecule has 274 valence electrons. The van der Waals surface area contributed by atoms with Crippen molar-refractivity contribution in [2.75, 3.05) is 9.80 Å². The molecule has 0 spiro atoms. The highest BCUT2D eigenvalue weighted by molar-refractivity contribution is 6.95. The summed E-state index contributed by atoms with van der Waals surface area (Å²) in [5.74, 6) is 0.743. The van der Waals surface area contributed by atoms with Crippen LogP contribution in [0.3, 0.4) is 0 Å². The minimum absolute atomic E-state index is 0.216. The Labute approximate surface area is 346 Å². The van der Waals surface area contributed by atoms with Crippen LogP contribution in [-0.4, -0.2) is 34.6 Å². The number of anilines is 4. The molecule has 7 aliphatic heterocycles. The lowest BCUT2D eigenvalue weighted by molar-refractivity contribution is 0.203. The van der Waals surface area contributed by atoms with Gasteiger partial charge in [-0.25, -0.2) is 0 Å². The van der Waals surface area contributed by atoms with E-state index < -0.39 is 0 Å². The Hall–Kier alpha value is -6.91. The fourth-order valence-electron chi connectivity index (χ4n) is 15.6. The molecule has 8 aliphatic rings. The lowest BCUT2D eigenvalue weighted by Crippen LogP contribution is -2.76. The Bertz CT molecular complexity index is 3510. The minimum Gasteiger partial charge on any atom is -0.335 e. The first kappa shape index (κ1) is 29.3. The van der Waals surface area contributed by atoms with Gasteiger partial charge in [0.25, 0.3) is 0 Å². The number of nitrogens with zero attached hydrogens (tertiary/aromatic N) is 4. The molecule has 1 fully saturated rings. The zero-order valence-corrected chi connectivity index (χ0v) is 32.4. The molecule has 4 nitrogen and oxygen atoms in total. The molecule has 0 saturated heterocycles. The zero-order chi connectivity index (χ0) is 38.0. The van der Waals surface area contributed by atoms with Crippen molar-refractivity contribution in [3.63, 3.8) is 0 Å². The summed E-state index contributed by atoms with van der Waals surface area (Å²) in [5.41, 5.74) is 25.8. The largest absolute Gasteiger partial charge is 0.335 e. The smallest absolute Gasteiger partial charge is 0.223 e. The lowest BCUT2D eigenvalue weighted by atomic mass is 9.21. The number of aromatic nitrogens is 2. The first-order valence-electron chi connectivity index (χ1n) is 22.0. The van der Waals surface area contributed by atoms with E-state index in [1.807, 2.05) is 0 Å². The lowest BCUT2D eigenvalue weighted by Gasteiger charge is -2.68. The number of benzene rings is 8. The van der Waals surface area contributed by atoms with E-state index in [-0.39, 0.29) is 18.8 Å². The fraction of sp³-hybridized carbons (Fsp3) is 0.111. The molecule has 9 heterocycles. The quantitative estimate of drug-likeness (QED) is 0.163. The van der Waals surface area contributed by atoms with Crippen molar-refractivity contribution in [2.45, 2.75) is 35.8 Å². The molecule has 18 rings (SSSR count). The van der Waals surface area contributed by atoms with Crippen molar-refractivity contribution >= 4 is 102 Å². The Kier molecular flexibility index (Phi) is 4.53. The molecule has 8 aromatic carbocycles. The third kappa shape index (κ3) is 2.82. The second kappa shape index (κ2) is 9.27. The Balaban J connectivity index is 1.07. The van der Waals surface area contributed by atoms with E-state index in [0.717, 1.165) is 0 Å². The number of rotatable bonds is 2. The monoisotopic (exact) mass is 758 g/mol. The van der Waals surface area contributed by atoms with Crippen LogP contribution in [0.25, 0.3) is 77.0 Å². The topological polar surface area (TPSA) is 16.3 Å². The van der Waals surface area contributed by atoms with Gasteiger partial charge in [-0.1, -0.05) is 133 Å². The van der Waals surface area contributed by atoms with Crippen LogP contribution in [0.1, 0.15) is 12.1 Å². The summed E-state index contributed by atoms with van der Waals surface area (Å²) in [5, 5.41) is 5.70. The molecule has 0 radical (unpaired) electrons. The van der Waals surface area contributed by atoms with Crippen LogP contribution >= 0.6 is 0 Å². The van der Waals surface area contributed by atoms with Crippen LogP contribution in [0, 0.1) is 0 Å². The van der Waals surface area contributed by atoms with Gasteiger partial charge in [0.1, 0.15) is 0 Å². The predicted octanol–water partition coefficient (Wildman–Crippen LogP) is 9.67. The van der Waals surface area contributed by atoms with Gasteiger partial charge in [-0.2, -0.15) is 0 Å². The fourth-order valence-corrected chi connectivity index (χ4v) is 15.6. The van der Waals surface area contributed by atoms with Crippen molar-refractivity contribution in [3.8, 4) is 33.4 Å². The third-order valence-corrected chi connectivity index (χ3v) is 17.1. The summed E-state index contributed by atoms with van der Waals surface area (Å²) in [6.07, 6.45) is 0. The van der Waals surface area contributed by atoms with E-state index in [4.69, 9.17) is 0 Å². The second-order valence-corrected chi connectivity index (χ2v) is 19.0. The van der Waals surface area contributed by atoms with E-state index in [2.05, 4.69) is 177 Å². The van der Waals surface area contributed by atoms with Crippen molar-refractivity contribution < 1.29 is 0 Å². The third-order valence-electron chi connectivity index (χ3n) is 17.1. The van der Waals surface area contributed by atoms with Gasteiger partial charge in [-0.05, 0) is 91.1 Å². The SMILES string of the molecule is c1ccc(-c2ccc3c(c2)B2c4cc(-c5ccccc5)ccc4N4c5cccc6c7ccc8c9c7n(c56)[C@@H]5C4C2C2C4[C@@H]5B9c5c-8ccc6c7cccc(c7n4c56)N32)cc1. The maximum atomic E-state index is 2.95. The van der Waals surface area contributed by atoms with Gasteiger partial charge in [0.15, 0.2) is 0 Å². The van der Waals surface area contributed by atoms with Gasteiger partial charge in [-0.15, -0.1) is 0 Å². The summed E-state index contributed by atoms with van der Waals surface area (Å²) in [6.45, 7) is 0.592. The second-order valence-electron chi connectivity index (χ2n) is 19.0. The molecule has 6 heteroatoms. The molecule has 1 aliphatic carbocycles. The number of hydrogen-bond donors (Lipinski definition) is 0. The highest BCUT2D eigenvalue weighted by atomic mass is 15.3. The van der Waals surface area contributed by atoms with E-state index >= 15 is 0 Å². The highest BCUT2D eigenvalue weighted by Crippen LogP contribution is 2.69. The van der Waals surface area contributed by atoms with Crippen LogP contribution in [0.5, 0.6) is 0 Å². The van der Waals surface area contributed by atoms with Crippen LogP contribution < -0.4 is 31.7 Å². The Morgan fingerprint density at radius 1 is 0.333 bits per heavy atom. The zero-order valence-electron chi connectivity index (χ0n) is 32.4. The predicted molar refractivity (Wildman–Crippen MR) is 249 cm³/mol. The van der Waals surface area contributed by atoms with Gasteiger partial charge in [0.2, 0.25) is 13.4 Å². The Morgan fingerprint density at radius 2 is 0.800 bits per heavy atom. The molecule has 10 aromatic rings. The van der Waals surface area contributed by atoms with Crippen LogP contribution in [0.15, 0.2) is 158 Å². The molecule has 2 aromatic heterocycles. The van der Waals surface area contributed by atoms with Gasteiger partial charge in [0.05, 0.1) is 46.6 Å². The average Bonchev–Trinajstić information content (AvgIpc) is 3.96. The molecule has 1 saturated carbocycles. The van der Waals surface area contributed by atoms with Gasteiger partial charge in [0, 0.05) is 44.0 Å². The van der Waals surface area contributed by atoms with Crippen LogP contribution in [0.4, 0.5) is 22.7 Å². The molecule has 60 heavy (non-hydrogen) atoms. The standard InChI is InChI=1S/C54H32B2N4/c1-3-9-27(10-4-1)29-17-23-39-37(25-29)55-38-26-30(28-11-5-2-6-12-28)18-24-40(38)58-42-16-8-14-34-36-22-20-32-31-19-21-35-33-13-7-15-41-47(33)59-49(35)43(31)56-44(32)50(36)60(48(34)42)54-46(56)53(59)51(57(39)41)45(55)52(54)58/h1-26,45-46,51-54H/t45?,46-,51?,52?,53+,54?/m1/s1. The van der Waals surface area contributed by atoms with E-state index in [1.54, 1.807) is 10.9 Å². The van der Waals surface area contributed by atoms with E-state index in [9.17, 15) is 0 Å². The van der Waals surface area contributed by atoms with Gasteiger partial charge in [-0.3, -0.25) is 0 Å². The van der Waals surface area contributed by atoms with Crippen molar-refractivity contribution in [3.05, 3.63) is 158 Å². The van der Waals surface area contributed by atoms with Crippen molar-refractivity contribution in [2.24, 2.45) is 0 Å². The maximum absolute atomic E-state index is 2.95. The van der Waals surface area contributed by atoms with Crippen LogP contribution in [0.2, 0.25) is 11.6 Å². The highest BCUT2D eigenvalue weighted by Gasteiger charge is 2.70. The summed E-state index contributed by atoms with van der Waals surface area (Å²) < 4.78 is 5.90. The molecule has 0 amide bonds. The summed E-state index contributed by atoms with van der Waals surface area (Å²) in [6, 6.07) is 62.8. The van der Waals surface area contributed by atoms with E-state index in [0.29, 0.717) is 30.4 Å². The van der Waals surface area contributed by atoms with E-state index in [1.165, 1.54) is 111 Å². The molecule has 0 N–H and O–H groups in total. The van der Waals surface area contributed by atoms with Crippen LogP contribution in [-0.2, 0) is 0 Å². The number of fused-ring (bicyclic) bond motifs is 11. The maximum Gasteiger partial charge on any atom is 0.223 e. The number of para-hydroxylation sites is 2.